The lowest BCUT2D eigenvalue weighted by Gasteiger charge is -2.34. The maximum atomic E-state index is 13.4. The zero-order valence-electron chi connectivity index (χ0n) is 19.5. The Labute approximate surface area is 184 Å². The Balaban J connectivity index is 2.38. The summed E-state index contributed by atoms with van der Waals surface area (Å²) in [6.07, 6.45) is 0.803. The molecule has 0 aromatic heterocycles. The highest BCUT2D eigenvalue weighted by Gasteiger charge is 2.44. The molecule has 1 fully saturated rings. The number of aryl methyl sites for hydroxylation is 1. The number of ether oxygens (including phenoxy) is 1. The second-order valence-corrected chi connectivity index (χ2v) is 9.42. The van der Waals surface area contributed by atoms with Gasteiger partial charge in [0, 0.05) is 17.6 Å². The topological polar surface area (TPSA) is 108 Å². The van der Waals surface area contributed by atoms with E-state index >= 15 is 0 Å². The second-order valence-electron chi connectivity index (χ2n) is 9.42. The number of aromatic hydroxyl groups is 1. The average molecular weight is 434 g/mol. The van der Waals surface area contributed by atoms with Crippen LogP contribution in [0.1, 0.15) is 71.6 Å². The number of alkyl carbamates (subject to hydrolysis) is 1. The Bertz CT molecular complexity index is 827. The van der Waals surface area contributed by atoms with E-state index < -0.39 is 29.7 Å². The smallest absolute Gasteiger partial charge is 0.408 e. The van der Waals surface area contributed by atoms with Gasteiger partial charge in [0.2, 0.25) is 11.8 Å². The number of nitrogens with zero attached hydrogens (tertiary/aromatic N) is 1. The van der Waals surface area contributed by atoms with Crippen molar-refractivity contribution >= 4 is 17.9 Å². The molecule has 0 bridgehead atoms. The molecule has 0 heterocycles. The molecular weight excluding hydrogens is 398 g/mol. The molecule has 2 rings (SSSR count). The maximum absolute atomic E-state index is 13.4. The number of rotatable bonds is 7. The van der Waals surface area contributed by atoms with Gasteiger partial charge >= 0.3 is 6.09 Å². The van der Waals surface area contributed by atoms with Crippen LogP contribution in [-0.2, 0) is 14.3 Å². The van der Waals surface area contributed by atoms with Gasteiger partial charge in [-0.05, 0) is 66.9 Å². The van der Waals surface area contributed by atoms with E-state index in [2.05, 4.69) is 10.6 Å². The van der Waals surface area contributed by atoms with Crippen molar-refractivity contribution in [2.24, 2.45) is 0 Å². The first-order valence-corrected chi connectivity index (χ1v) is 10.7. The third kappa shape index (κ3) is 6.60. The molecule has 3 N–H and O–H groups in total. The van der Waals surface area contributed by atoms with Gasteiger partial charge in [-0.25, -0.2) is 4.79 Å². The number of carbonyl (C=O) groups excluding carboxylic acids is 3. The number of phenols is 1. The van der Waals surface area contributed by atoms with Crippen LogP contribution in [0.5, 0.6) is 5.75 Å². The van der Waals surface area contributed by atoms with E-state index in [1.165, 1.54) is 4.90 Å². The first-order chi connectivity index (χ1) is 14.3. The monoisotopic (exact) mass is 433 g/mol. The number of nitrogens with one attached hydrogen (secondary N) is 2. The summed E-state index contributed by atoms with van der Waals surface area (Å²) in [5.74, 6) is -0.795. The third-order valence-corrected chi connectivity index (χ3v) is 4.82. The number of para-hydroxylation sites is 1. The van der Waals surface area contributed by atoms with E-state index in [9.17, 15) is 19.5 Å². The first-order valence-electron chi connectivity index (χ1n) is 10.7. The van der Waals surface area contributed by atoms with Gasteiger partial charge in [0.15, 0.2) is 0 Å². The van der Waals surface area contributed by atoms with Crippen molar-refractivity contribution in [3.8, 4) is 5.75 Å². The molecule has 172 valence electrons. The lowest BCUT2D eigenvalue weighted by atomic mass is 9.99. The fourth-order valence-corrected chi connectivity index (χ4v) is 3.32. The summed E-state index contributed by atoms with van der Waals surface area (Å²) < 4.78 is 5.25. The van der Waals surface area contributed by atoms with Crippen LogP contribution >= 0.6 is 0 Å². The number of carbonyl (C=O) groups is 3. The average Bonchev–Trinajstić information content (AvgIpc) is 3.44. The Morgan fingerprint density at radius 2 is 1.74 bits per heavy atom. The molecule has 2 atom stereocenters. The largest absolute Gasteiger partial charge is 0.507 e. The minimum Gasteiger partial charge on any atom is -0.507 e. The minimum absolute atomic E-state index is 0.0161. The molecule has 1 aromatic carbocycles. The van der Waals surface area contributed by atoms with Crippen molar-refractivity contribution in [1.29, 1.82) is 0 Å². The van der Waals surface area contributed by atoms with Gasteiger partial charge in [-0.1, -0.05) is 18.2 Å². The van der Waals surface area contributed by atoms with Gasteiger partial charge in [-0.2, -0.15) is 0 Å². The minimum atomic E-state index is -1.01. The van der Waals surface area contributed by atoms with Crippen LogP contribution in [0.15, 0.2) is 18.2 Å². The zero-order chi connectivity index (χ0) is 23.5. The molecule has 8 nitrogen and oxygen atoms in total. The summed E-state index contributed by atoms with van der Waals surface area (Å²) in [7, 11) is 0. The van der Waals surface area contributed by atoms with E-state index in [-0.39, 0.29) is 23.7 Å². The van der Waals surface area contributed by atoms with Crippen LogP contribution in [0.2, 0.25) is 0 Å². The maximum Gasteiger partial charge on any atom is 0.408 e. The number of benzene rings is 1. The van der Waals surface area contributed by atoms with Crippen molar-refractivity contribution in [2.45, 2.75) is 91.1 Å². The number of hydrogen-bond donors (Lipinski definition) is 3. The number of amides is 3. The van der Waals surface area contributed by atoms with Gasteiger partial charge < -0.3 is 25.4 Å². The van der Waals surface area contributed by atoms with Crippen LogP contribution in [0.25, 0.3) is 0 Å². The third-order valence-electron chi connectivity index (χ3n) is 4.82. The molecule has 1 aliphatic carbocycles. The van der Waals surface area contributed by atoms with Crippen LogP contribution in [0.3, 0.4) is 0 Å². The zero-order valence-corrected chi connectivity index (χ0v) is 19.5. The predicted octanol–water partition coefficient (Wildman–Crippen LogP) is 3.17. The molecule has 31 heavy (non-hydrogen) atoms. The van der Waals surface area contributed by atoms with E-state index in [1.54, 1.807) is 52.8 Å². The Hall–Kier alpha value is -2.77. The van der Waals surface area contributed by atoms with Gasteiger partial charge in [-0.3, -0.25) is 9.59 Å². The molecule has 3 amide bonds. The number of hydrogen-bond acceptors (Lipinski definition) is 5. The van der Waals surface area contributed by atoms with E-state index in [0.29, 0.717) is 11.1 Å². The highest BCUT2D eigenvalue weighted by atomic mass is 16.6. The molecule has 0 saturated heterocycles. The van der Waals surface area contributed by atoms with Crippen molar-refractivity contribution in [3.05, 3.63) is 29.3 Å². The summed E-state index contributed by atoms with van der Waals surface area (Å²) in [5.41, 5.74) is 0.279. The summed E-state index contributed by atoms with van der Waals surface area (Å²) in [4.78, 5) is 40.3. The number of phenolic OH excluding ortho intramolecular Hbond substituents is 1. The van der Waals surface area contributed by atoms with E-state index in [1.807, 2.05) is 13.8 Å². The van der Waals surface area contributed by atoms with E-state index in [0.717, 1.165) is 12.8 Å². The molecule has 2 unspecified atom stereocenters. The Kier molecular flexibility index (Phi) is 7.57. The van der Waals surface area contributed by atoms with Crippen molar-refractivity contribution in [3.63, 3.8) is 0 Å². The molecule has 8 heteroatoms. The molecule has 1 aromatic rings. The Morgan fingerprint density at radius 3 is 2.26 bits per heavy atom. The van der Waals surface area contributed by atoms with Gasteiger partial charge in [0.05, 0.1) is 0 Å². The summed E-state index contributed by atoms with van der Waals surface area (Å²) >= 11 is 0. The van der Waals surface area contributed by atoms with Crippen molar-refractivity contribution in [2.75, 3.05) is 0 Å². The lowest BCUT2D eigenvalue weighted by molar-refractivity contribution is -0.143. The molecular formula is C23H35N3O5. The fraction of sp³-hybridized carbons (Fsp3) is 0.609. The van der Waals surface area contributed by atoms with Crippen LogP contribution in [0.4, 0.5) is 4.79 Å². The predicted molar refractivity (Wildman–Crippen MR) is 118 cm³/mol. The highest BCUT2D eigenvalue weighted by Crippen LogP contribution is 2.39. The van der Waals surface area contributed by atoms with E-state index in [4.69, 9.17) is 4.74 Å². The van der Waals surface area contributed by atoms with Gasteiger partial charge in [0.1, 0.15) is 23.4 Å². The van der Waals surface area contributed by atoms with Gasteiger partial charge in [-0.15, -0.1) is 0 Å². The SMILES string of the molecule is Cc1cccc(C(C(=O)NC(C)C)N(C(=O)C(C)NC(=O)OC(C)(C)C)C2CC2)c1O. The van der Waals surface area contributed by atoms with Crippen molar-refractivity contribution in [1.82, 2.24) is 15.5 Å². The Morgan fingerprint density at radius 1 is 1.13 bits per heavy atom. The normalized spacial score (nSPS) is 15.7. The molecule has 0 spiro atoms. The molecule has 0 radical (unpaired) electrons. The standard InChI is InChI=1S/C23H35N3O5/c1-13(2)24-20(28)18(17-10-8-9-14(3)19(17)27)26(16-11-12-16)21(29)15(4)25-22(30)31-23(5,6)7/h8-10,13,15-16,18,27H,11-12H2,1-7H3,(H,24,28)(H,25,30). The summed E-state index contributed by atoms with van der Waals surface area (Å²) in [6.45, 7) is 12.2. The molecule has 1 saturated carbocycles. The van der Waals surface area contributed by atoms with Gasteiger partial charge in [0.25, 0.3) is 0 Å². The quantitative estimate of drug-likeness (QED) is 0.612. The molecule has 0 aliphatic heterocycles. The van der Waals surface area contributed by atoms with Crippen LogP contribution < -0.4 is 10.6 Å². The van der Waals surface area contributed by atoms with Crippen LogP contribution in [-0.4, -0.2) is 51.6 Å². The summed E-state index contributed by atoms with van der Waals surface area (Å²) in [5, 5.41) is 16.1. The molecule has 1 aliphatic rings. The van der Waals surface area contributed by atoms with Crippen LogP contribution in [0, 0.1) is 6.92 Å². The fourth-order valence-electron chi connectivity index (χ4n) is 3.32. The second kappa shape index (κ2) is 9.58. The summed E-state index contributed by atoms with van der Waals surface area (Å²) in [6, 6.07) is 2.95. The lowest BCUT2D eigenvalue weighted by Crippen LogP contribution is -2.53. The highest BCUT2D eigenvalue weighted by molar-refractivity contribution is 5.93. The van der Waals surface area contributed by atoms with Crippen molar-refractivity contribution < 1.29 is 24.2 Å². The first kappa shape index (κ1) is 24.5.